The number of halogens is 1. The number of ether oxygens (including phenoxy) is 1. The Balaban J connectivity index is 1.84. The van der Waals surface area contributed by atoms with Crippen LogP contribution in [0.5, 0.6) is 0 Å². The van der Waals surface area contributed by atoms with Gasteiger partial charge >= 0.3 is 0 Å². The summed E-state index contributed by atoms with van der Waals surface area (Å²) in [6.45, 7) is 0.553. The fraction of sp³-hybridized carbons (Fsp3) is 0.188. The number of amides is 1. The molecule has 1 aliphatic heterocycles. The molecular weight excluding hydrogens is 274 g/mol. The summed E-state index contributed by atoms with van der Waals surface area (Å²) in [6, 6.07) is 15.0. The van der Waals surface area contributed by atoms with Crippen molar-refractivity contribution in [3.63, 3.8) is 0 Å². The van der Waals surface area contributed by atoms with Crippen molar-refractivity contribution >= 4 is 23.2 Å². The molecule has 1 heterocycles. The van der Waals surface area contributed by atoms with Crippen molar-refractivity contribution in [1.29, 1.82) is 0 Å². The maximum absolute atomic E-state index is 12.4. The predicted octanol–water partition coefficient (Wildman–Crippen LogP) is 3.59. The summed E-state index contributed by atoms with van der Waals surface area (Å²) in [4.78, 5) is 12.4. The Labute approximate surface area is 122 Å². The van der Waals surface area contributed by atoms with E-state index in [1.54, 1.807) is 12.1 Å². The molecule has 20 heavy (non-hydrogen) atoms. The highest BCUT2D eigenvalue weighted by atomic mass is 35.5. The molecule has 3 nitrogen and oxygen atoms in total. The lowest BCUT2D eigenvalue weighted by Gasteiger charge is -2.25. The second-order valence-corrected chi connectivity index (χ2v) is 5.08. The minimum absolute atomic E-state index is 0.190. The van der Waals surface area contributed by atoms with E-state index in [2.05, 4.69) is 5.32 Å². The van der Waals surface area contributed by atoms with Gasteiger partial charge in [0.05, 0.1) is 17.3 Å². The van der Waals surface area contributed by atoms with Crippen LogP contribution in [0.25, 0.3) is 0 Å². The van der Waals surface area contributed by atoms with Gasteiger partial charge < -0.3 is 10.1 Å². The van der Waals surface area contributed by atoms with Crippen LogP contribution in [0.4, 0.5) is 5.69 Å². The molecule has 1 N–H and O–H groups in total. The Morgan fingerprint density at radius 1 is 1.15 bits per heavy atom. The summed E-state index contributed by atoms with van der Waals surface area (Å²) in [5.41, 5.74) is 2.70. The summed E-state index contributed by atoms with van der Waals surface area (Å²) in [5.74, 6) is -0.190. The van der Waals surface area contributed by atoms with E-state index in [9.17, 15) is 4.79 Å². The second kappa shape index (κ2) is 5.65. The number of anilines is 1. The zero-order valence-electron chi connectivity index (χ0n) is 10.8. The van der Waals surface area contributed by atoms with E-state index in [0.29, 0.717) is 17.3 Å². The quantitative estimate of drug-likeness (QED) is 0.916. The van der Waals surface area contributed by atoms with Gasteiger partial charge in [0, 0.05) is 0 Å². The van der Waals surface area contributed by atoms with Crippen LogP contribution in [0.3, 0.4) is 0 Å². The van der Waals surface area contributed by atoms with Gasteiger partial charge in [0.15, 0.2) is 6.10 Å². The zero-order chi connectivity index (χ0) is 13.9. The second-order valence-electron chi connectivity index (χ2n) is 4.67. The highest BCUT2D eigenvalue weighted by molar-refractivity contribution is 6.33. The summed E-state index contributed by atoms with van der Waals surface area (Å²) < 4.78 is 5.62. The first kappa shape index (κ1) is 13.2. The number of carbonyl (C=O) groups is 1. The van der Waals surface area contributed by atoms with Gasteiger partial charge in [-0.15, -0.1) is 0 Å². The van der Waals surface area contributed by atoms with Gasteiger partial charge in [-0.1, -0.05) is 48.0 Å². The smallest absolute Gasteiger partial charge is 0.258 e. The normalized spacial score (nSPS) is 17.4. The van der Waals surface area contributed by atoms with Crippen molar-refractivity contribution in [2.45, 2.75) is 12.5 Å². The first-order chi connectivity index (χ1) is 9.75. The van der Waals surface area contributed by atoms with Crippen LogP contribution in [-0.4, -0.2) is 12.5 Å². The highest BCUT2D eigenvalue weighted by Gasteiger charge is 2.27. The van der Waals surface area contributed by atoms with Gasteiger partial charge in [-0.3, -0.25) is 4.79 Å². The topological polar surface area (TPSA) is 38.3 Å². The third-order valence-corrected chi connectivity index (χ3v) is 3.69. The largest absolute Gasteiger partial charge is 0.363 e. The number of hydrogen-bond donors (Lipinski definition) is 1. The third kappa shape index (κ3) is 2.55. The number of nitrogens with one attached hydrogen (secondary N) is 1. The van der Waals surface area contributed by atoms with Crippen molar-refractivity contribution < 1.29 is 9.53 Å². The highest BCUT2D eigenvalue weighted by Crippen LogP contribution is 2.29. The first-order valence-electron chi connectivity index (χ1n) is 6.50. The number of para-hydroxylation sites is 1. The molecule has 1 atom stereocenters. The molecule has 2 aromatic carbocycles. The minimum Gasteiger partial charge on any atom is -0.363 e. The summed E-state index contributed by atoms with van der Waals surface area (Å²) in [5, 5.41) is 3.34. The number of carbonyl (C=O) groups excluding carboxylic acids is 1. The molecule has 2 aromatic rings. The van der Waals surface area contributed by atoms with Crippen molar-refractivity contribution in [1.82, 2.24) is 0 Å². The molecule has 0 aliphatic carbocycles. The van der Waals surface area contributed by atoms with E-state index in [4.69, 9.17) is 16.3 Å². The molecule has 102 valence electrons. The fourth-order valence-corrected chi connectivity index (χ4v) is 2.55. The van der Waals surface area contributed by atoms with Gasteiger partial charge in [-0.05, 0) is 29.7 Å². The van der Waals surface area contributed by atoms with Gasteiger partial charge in [-0.25, -0.2) is 0 Å². The molecule has 0 unspecified atom stereocenters. The van der Waals surface area contributed by atoms with Crippen molar-refractivity contribution in [3.8, 4) is 0 Å². The van der Waals surface area contributed by atoms with E-state index in [0.717, 1.165) is 17.5 Å². The van der Waals surface area contributed by atoms with Crippen LogP contribution < -0.4 is 5.32 Å². The molecule has 3 rings (SSSR count). The lowest BCUT2D eigenvalue weighted by Crippen LogP contribution is -2.28. The molecule has 0 fully saturated rings. The maximum Gasteiger partial charge on any atom is 0.258 e. The van der Waals surface area contributed by atoms with Gasteiger partial charge in [0.2, 0.25) is 0 Å². The van der Waals surface area contributed by atoms with E-state index in [-0.39, 0.29) is 5.91 Å². The minimum atomic E-state index is -0.573. The lowest BCUT2D eigenvalue weighted by atomic mass is 9.97. The predicted molar refractivity (Wildman–Crippen MR) is 78.9 cm³/mol. The van der Waals surface area contributed by atoms with Crippen molar-refractivity contribution in [2.24, 2.45) is 0 Å². The van der Waals surface area contributed by atoms with E-state index >= 15 is 0 Å². The Bertz CT molecular complexity index is 642. The van der Waals surface area contributed by atoms with Crippen LogP contribution >= 0.6 is 11.6 Å². The van der Waals surface area contributed by atoms with Crippen LogP contribution in [-0.2, 0) is 16.0 Å². The molecule has 0 saturated carbocycles. The number of benzene rings is 2. The molecule has 0 spiro atoms. The summed E-state index contributed by atoms with van der Waals surface area (Å²) in [7, 11) is 0. The molecule has 0 bridgehead atoms. The van der Waals surface area contributed by atoms with Crippen LogP contribution in [0.15, 0.2) is 48.5 Å². The van der Waals surface area contributed by atoms with Crippen molar-refractivity contribution in [3.05, 3.63) is 64.7 Å². The first-order valence-corrected chi connectivity index (χ1v) is 6.88. The SMILES string of the molecule is O=C(Nc1ccccc1Cl)[C@@H]1OCCc2ccccc21. The van der Waals surface area contributed by atoms with E-state index in [1.807, 2.05) is 36.4 Å². The lowest BCUT2D eigenvalue weighted by molar-refractivity contribution is -0.128. The zero-order valence-corrected chi connectivity index (χ0v) is 11.6. The Morgan fingerprint density at radius 3 is 2.75 bits per heavy atom. The van der Waals surface area contributed by atoms with E-state index in [1.165, 1.54) is 0 Å². The Kier molecular flexibility index (Phi) is 3.72. The van der Waals surface area contributed by atoms with E-state index < -0.39 is 6.10 Å². The average Bonchev–Trinajstić information content (AvgIpc) is 2.49. The molecule has 0 saturated heterocycles. The standard InChI is InChI=1S/C16H14ClNO2/c17-13-7-3-4-8-14(13)18-16(19)15-12-6-2-1-5-11(12)9-10-20-15/h1-8,15H,9-10H2,(H,18,19)/t15-/m1/s1. The van der Waals surface area contributed by atoms with Crippen LogP contribution in [0, 0.1) is 0 Å². The van der Waals surface area contributed by atoms with Crippen LogP contribution in [0.1, 0.15) is 17.2 Å². The van der Waals surface area contributed by atoms with Gasteiger partial charge in [-0.2, -0.15) is 0 Å². The van der Waals surface area contributed by atoms with Gasteiger partial charge in [0.25, 0.3) is 5.91 Å². The monoisotopic (exact) mass is 287 g/mol. The van der Waals surface area contributed by atoms with Gasteiger partial charge in [0.1, 0.15) is 0 Å². The number of hydrogen-bond acceptors (Lipinski definition) is 2. The Morgan fingerprint density at radius 2 is 1.90 bits per heavy atom. The fourth-order valence-electron chi connectivity index (χ4n) is 2.37. The average molecular weight is 288 g/mol. The molecular formula is C16H14ClNO2. The molecule has 0 radical (unpaired) electrons. The van der Waals surface area contributed by atoms with Crippen LogP contribution in [0.2, 0.25) is 5.02 Å². The molecule has 4 heteroatoms. The maximum atomic E-state index is 12.4. The molecule has 0 aromatic heterocycles. The number of fused-ring (bicyclic) bond motifs is 1. The summed E-state index contributed by atoms with van der Waals surface area (Å²) >= 11 is 6.05. The molecule has 1 aliphatic rings. The number of rotatable bonds is 2. The summed E-state index contributed by atoms with van der Waals surface area (Å²) in [6.07, 6.45) is 0.266. The molecule has 1 amide bonds. The third-order valence-electron chi connectivity index (χ3n) is 3.36. The van der Waals surface area contributed by atoms with Crippen molar-refractivity contribution in [2.75, 3.05) is 11.9 Å². The Hall–Kier alpha value is -1.84.